The standard InChI is InChI=1S/C12H12BrClF2/c13-12(7-3-1-2-4-7)8-5-10(15)11(16)6-9(8)14/h5-7,12H,1-4H2. The van der Waals surface area contributed by atoms with Gasteiger partial charge in [0.2, 0.25) is 0 Å². The van der Waals surface area contributed by atoms with Crippen molar-refractivity contribution in [3.05, 3.63) is 34.4 Å². The SMILES string of the molecule is Fc1cc(Cl)c(C(Br)C2CCCC2)cc1F. The summed E-state index contributed by atoms with van der Waals surface area (Å²) in [6.45, 7) is 0. The maximum Gasteiger partial charge on any atom is 0.160 e. The first-order valence-corrected chi connectivity index (χ1v) is 6.67. The smallest absolute Gasteiger partial charge is 0.160 e. The molecule has 0 aromatic heterocycles. The maximum absolute atomic E-state index is 13.2. The van der Waals surface area contributed by atoms with E-state index in [1.807, 2.05) is 0 Å². The van der Waals surface area contributed by atoms with E-state index >= 15 is 0 Å². The molecule has 0 saturated heterocycles. The van der Waals surface area contributed by atoms with Crippen molar-refractivity contribution in [3.8, 4) is 0 Å². The molecule has 0 heterocycles. The zero-order valence-electron chi connectivity index (χ0n) is 8.65. The zero-order valence-corrected chi connectivity index (χ0v) is 11.0. The molecule has 0 bridgehead atoms. The minimum absolute atomic E-state index is 0.0256. The van der Waals surface area contributed by atoms with Gasteiger partial charge in [-0.2, -0.15) is 0 Å². The molecule has 0 N–H and O–H groups in total. The van der Waals surface area contributed by atoms with Gasteiger partial charge in [-0.1, -0.05) is 40.4 Å². The van der Waals surface area contributed by atoms with E-state index in [1.54, 1.807) is 0 Å². The van der Waals surface area contributed by atoms with Crippen LogP contribution in [0.1, 0.15) is 36.1 Å². The second-order valence-electron chi connectivity index (χ2n) is 4.23. The van der Waals surface area contributed by atoms with Crippen LogP contribution in [0.25, 0.3) is 0 Å². The average Bonchev–Trinajstić information content (AvgIpc) is 2.75. The number of rotatable bonds is 2. The van der Waals surface area contributed by atoms with Crippen molar-refractivity contribution in [2.24, 2.45) is 5.92 Å². The highest BCUT2D eigenvalue weighted by atomic mass is 79.9. The molecular formula is C12H12BrClF2. The summed E-state index contributed by atoms with van der Waals surface area (Å²) in [5, 5.41) is 0.299. The van der Waals surface area contributed by atoms with Gasteiger partial charge < -0.3 is 0 Å². The van der Waals surface area contributed by atoms with Crippen molar-refractivity contribution in [3.63, 3.8) is 0 Å². The molecule has 88 valence electrons. The van der Waals surface area contributed by atoms with Gasteiger partial charge in [0.05, 0.1) is 0 Å². The van der Waals surface area contributed by atoms with Crippen LogP contribution >= 0.6 is 27.5 Å². The van der Waals surface area contributed by atoms with Crippen LogP contribution in [0.4, 0.5) is 8.78 Å². The van der Waals surface area contributed by atoms with E-state index in [1.165, 1.54) is 18.9 Å². The summed E-state index contributed by atoms with van der Waals surface area (Å²) in [6, 6.07) is 2.25. The maximum atomic E-state index is 13.2. The van der Waals surface area contributed by atoms with Gasteiger partial charge in [-0.3, -0.25) is 0 Å². The van der Waals surface area contributed by atoms with E-state index < -0.39 is 11.6 Å². The Hall–Kier alpha value is -0.150. The summed E-state index contributed by atoms with van der Waals surface area (Å²) in [6.07, 6.45) is 4.64. The van der Waals surface area contributed by atoms with Gasteiger partial charge in [0.15, 0.2) is 11.6 Å². The van der Waals surface area contributed by atoms with Gasteiger partial charge in [-0.15, -0.1) is 0 Å². The fourth-order valence-electron chi connectivity index (χ4n) is 2.25. The third-order valence-electron chi connectivity index (χ3n) is 3.15. The lowest BCUT2D eigenvalue weighted by Crippen LogP contribution is -2.04. The summed E-state index contributed by atoms with van der Waals surface area (Å²) in [7, 11) is 0. The van der Waals surface area contributed by atoms with Gasteiger partial charge in [-0.25, -0.2) is 8.78 Å². The predicted molar refractivity (Wildman–Crippen MR) is 65.0 cm³/mol. The van der Waals surface area contributed by atoms with Crippen LogP contribution in [0, 0.1) is 17.6 Å². The molecule has 1 atom stereocenters. The van der Waals surface area contributed by atoms with Crippen LogP contribution in [0.5, 0.6) is 0 Å². The van der Waals surface area contributed by atoms with Gasteiger partial charge in [0, 0.05) is 9.85 Å². The summed E-state index contributed by atoms with van der Waals surface area (Å²) in [5.41, 5.74) is 0.660. The Labute approximate surface area is 107 Å². The molecule has 2 rings (SSSR count). The third kappa shape index (κ3) is 2.40. The largest absolute Gasteiger partial charge is 0.204 e. The van der Waals surface area contributed by atoms with Crippen molar-refractivity contribution < 1.29 is 8.78 Å². The lowest BCUT2D eigenvalue weighted by molar-refractivity contribution is 0.500. The normalized spacial score (nSPS) is 19.0. The molecule has 1 aromatic carbocycles. The number of hydrogen-bond acceptors (Lipinski definition) is 0. The van der Waals surface area contributed by atoms with E-state index in [-0.39, 0.29) is 4.83 Å². The quantitative estimate of drug-likeness (QED) is 0.517. The van der Waals surface area contributed by atoms with E-state index in [0.717, 1.165) is 18.9 Å². The summed E-state index contributed by atoms with van der Waals surface area (Å²) in [5.74, 6) is -1.25. The number of benzene rings is 1. The van der Waals surface area contributed by atoms with Crippen molar-refractivity contribution in [2.45, 2.75) is 30.5 Å². The Morgan fingerprint density at radius 1 is 1.19 bits per heavy atom. The van der Waals surface area contributed by atoms with Gasteiger partial charge in [-0.05, 0) is 36.5 Å². The molecule has 4 heteroatoms. The van der Waals surface area contributed by atoms with E-state index in [9.17, 15) is 8.78 Å². The molecule has 1 unspecified atom stereocenters. The van der Waals surface area contributed by atoms with Crippen LogP contribution in [-0.2, 0) is 0 Å². The molecular weight excluding hydrogens is 297 g/mol. The molecule has 0 radical (unpaired) electrons. The fraction of sp³-hybridized carbons (Fsp3) is 0.500. The van der Waals surface area contributed by atoms with Gasteiger partial charge in [0.1, 0.15) is 0 Å². The molecule has 1 fully saturated rings. The Bertz CT molecular complexity index is 389. The Morgan fingerprint density at radius 2 is 1.75 bits per heavy atom. The Kier molecular flexibility index (Phi) is 3.85. The molecule has 1 aromatic rings. The van der Waals surface area contributed by atoms with Crippen LogP contribution in [0.3, 0.4) is 0 Å². The third-order valence-corrected chi connectivity index (χ3v) is 4.72. The van der Waals surface area contributed by atoms with Crippen molar-refractivity contribution >= 4 is 27.5 Å². The summed E-state index contributed by atoms with van der Waals surface area (Å²) >= 11 is 9.49. The molecule has 0 aliphatic heterocycles. The lowest BCUT2D eigenvalue weighted by Gasteiger charge is -2.18. The monoisotopic (exact) mass is 308 g/mol. The molecule has 1 saturated carbocycles. The Balaban J connectivity index is 2.28. The molecule has 1 aliphatic rings. The van der Waals surface area contributed by atoms with Crippen molar-refractivity contribution in [1.29, 1.82) is 0 Å². The fourth-order valence-corrected chi connectivity index (χ4v) is 3.56. The predicted octanol–water partition coefficient (Wildman–Crippen LogP) is 5.24. The van der Waals surface area contributed by atoms with Gasteiger partial charge >= 0.3 is 0 Å². The highest BCUT2D eigenvalue weighted by molar-refractivity contribution is 9.09. The second-order valence-corrected chi connectivity index (χ2v) is 5.63. The topological polar surface area (TPSA) is 0 Å². The number of hydrogen-bond donors (Lipinski definition) is 0. The summed E-state index contributed by atoms with van der Waals surface area (Å²) in [4.78, 5) is 0.0256. The van der Waals surface area contributed by atoms with Crippen LogP contribution in [0.2, 0.25) is 5.02 Å². The average molecular weight is 310 g/mol. The minimum Gasteiger partial charge on any atom is -0.204 e. The molecule has 0 nitrogen and oxygen atoms in total. The van der Waals surface area contributed by atoms with Crippen LogP contribution < -0.4 is 0 Å². The second kappa shape index (κ2) is 5.01. The van der Waals surface area contributed by atoms with E-state index in [4.69, 9.17) is 11.6 Å². The summed E-state index contributed by atoms with van der Waals surface area (Å²) < 4.78 is 26.1. The molecule has 16 heavy (non-hydrogen) atoms. The zero-order chi connectivity index (χ0) is 11.7. The van der Waals surface area contributed by atoms with Crippen molar-refractivity contribution in [1.82, 2.24) is 0 Å². The molecule has 0 spiro atoms. The molecule has 1 aliphatic carbocycles. The number of halogens is 4. The highest BCUT2D eigenvalue weighted by Gasteiger charge is 2.26. The molecule has 0 amide bonds. The van der Waals surface area contributed by atoms with Crippen molar-refractivity contribution in [2.75, 3.05) is 0 Å². The van der Waals surface area contributed by atoms with Gasteiger partial charge in [0.25, 0.3) is 0 Å². The van der Waals surface area contributed by atoms with E-state index in [2.05, 4.69) is 15.9 Å². The number of alkyl halides is 1. The van der Waals surface area contributed by atoms with Crippen LogP contribution in [-0.4, -0.2) is 0 Å². The van der Waals surface area contributed by atoms with E-state index in [0.29, 0.717) is 16.5 Å². The Morgan fingerprint density at radius 3 is 2.38 bits per heavy atom. The highest BCUT2D eigenvalue weighted by Crippen LogP contribution is 2.43. The lowest BCUT2D eigenvalue weighted by atomic mass is 9.97. The first-order chi connectivity index (χ1) is 7.59. The first-order valence-electron chi connectivity index (χ1n) is 5.38. The first kappa shape index (κ1) is 12.3. The van der Waals surface area contributed by atoms with Crippen LogP contribution in [0.15, 0.2) is 12.1 Å². The minimum atomic E-state index is -0.889.